The van der Waals surface area contributed by atoms with Crippen LogP contribution in [0.5, 0.6) is 0 Å². The molecular weight excluding hydrogens is 358 g/mol. The van der Waals surface area contributed by atoms with Gasteiger partial charge in [0, 0.05) is 17.1 Å². The minimum absolute atomic E-state index is 0.0832. The van der Waals surface area contributed by atoms with Gasteiger partial charge in [0.25, 0.3) is 5.22 Å². The van der Waals surface area contributed by atoms with Crippen LogP contribution >= 0.6 is 23.4 Å². The monoisotopic (exact) mass is 373 g/mol. The fourth-order valence-corrected chi connectivity index (χ4v) is 2.93. The smallest absolute Gasteiger partial charge is 0.277 e. The van der Waals surface area contributed by atoms with Gasteiger partial charge in [0.1, 0.15) is 0 Å². The standard InChI is InChI=1S/C18H16ClN3O2S/c1-12(16(23)20-11-13-5-3-2-4-6-13)25-18-22-21-17(24-18)14-7-9-15(19)10-8-14/h2-10,12H,11H2,1H3,(H,20,23). The summed E-state index contributed by atoms with van der Waals surface area (Å²) in [4.78, 5) is 12.2. The summed E-state index contributed by atoms with van der Waals surface area (Å²) in [7, 11) is 0. The molecule has 0 saturated carbocycles. The van der Waals surface area contributed by atoms with Gasteiger partial charge in [0.15, 0.2) is 0 Å². The van der Waals surface area contributed by atoms with E-state index in [9.17, 15) is 4.79 Å². The number of hydrogen-bond acceptors (Lipinski definition) is 5. The average molecular weight is 374 g/mol. The normalized spacial score (nSPS) is 11.9. The molecule has 25 heavy (non-hydrogen) atoms. The van der Waals surface area contributed by atoms with Crippen LogP contribution in [-0.4, -0.2) is 21.4 Å². The number of thioether (sulfide) groups is 1. The second-order valence-corrected chi connectivity index (χ2v) is 7.07. The molecule has 0 aliphatic heterocycles. The van der Waals surface area contributed by atoms with Gasteiger partial charge in [-0.2, -0.15) is 0 Å². The van der Waals surface area contributed by atoms with E-state index < -0.39 is 0 Å². The van der Waals surface area contributed by atoms with Crippen molar-refractivity contribution in [3.63, 3.8) is 0 Å². The largest absolute Gasteiger partial charge is 0.411 e. The van der Waals surface area contributed by atoms with Crippen LogP contribution in [0.3, 0.4) is 0 Å². The summed E-state index contributed by atoms with van der Waals surface area (Å²) in [5.74, 6) is 0.316. The highest BCUT2D eigenvalue weighted by molar-refractivity contribution is 8.00. The summed E-state index contributed by atoms with van der Waals surface area (Å²) in [6.45, 7) is 2.29. The van der Waals surface area contributed by atoms with E-state index in [0.717, 1.165) is 11.1 Å². The van der Waals surface area contributed by atoms with Crippen LogP contribution in [0.1, 0.15) is 12.5 Å². The van der Waals surface area contributed by atoms with E-state index in [-0.39, 0.29) is 11.2 Å². The van der Waals surface area contributed by atoms with Gasteiger partial charge in [0.05, 0.1) is 5.25 Å². The van der Waals surface area contributed by atoms with Crippen molar-refractivity contribution in [2.75, 3.05) is 0 Å². The zero-order valence-electron chi connectivity index (χ0n) is 13.5. The predicted molar refractivity (Wildman–Crippen MR) is 98.4 cm³/mol. The average Bonchev–Trinajstić information content (AvgIpc) is 3.09. The molecule has 0 radical (unpaired) electrons. The molecule has 0 fully saturated rings. The molecule has 0 spiro atoms. The zero-order chi connectivity index (χ0) is 17.6. The van der Waals surface area contributed by atoms with Gasteiger partial charge in [0.2, 0.25) is 11.8 Å². The Balaban J connectivity index is 1.56. The summed E-state index contributed by atoms with van der Waals surface area (Å²) in [5, 5.41) is 11.5. The lowest BCUT2D eigenvalue weighted by Gasteiger charge is -2.09. The first-order valence-electron chi connectivity index (χ1n) is 7.69. The van der Waals surface area contributed by atoms with Gasteiger partial charge in [-0.05, 0) is 36.8 Å². The van der Waals surface area contributed by atoms with Crippen LogP contribution in [0.25, 0.3) is 11.5 Å². The van der Waals surface area contributed by atoms with Gasteiger partial charge in [-0.1, -0.05) is 53.7 Å². The molecule has 1 atom stereocenters. The fourth-order valence-electron chi connectivity index (χ4n) is 2.10. The molecule has 0 aliphatic rings. The quantitative estimate of drug-likeness (QED) is 0.656. The van der Waals surface area contributed by atoms with E-state index in [2.05, 4.69) is 15.5 Å². The number of aromatic nitrogens is 2. The van der Waals surface area contributed by atoms with E-state index in [4.69, 9.17) is 16.0 Å². The van der Waals surface area contributed by atoms with Crippen molar-refractivity contribution in [1.82, 2.24) is 15.5 Å². The molecule has 1 amide bonds. The Morgan fingerprint density at radius 1 is 1.16 bits per heavy atom. The summed E-state index contributed by atoms with van der Waals surface area (Å²) >= 11 is 7.09. The lowest BCUT2D eigenvalue weighted by molar-refractivity contribution is -0.120. The molecule has 128 valence electrons. The minimum atomic E-state index is -0.345. The molecule has 1 unspecified atom stereocenters. The molecule has 5 nitrogen and oxygen atoms in total. The highest BCUT2D eigenvalue weighted by atomic mass is 35.5. The van der Waals surface area contributed by atoms with Gasteiger partial charge in [-0.15, -0.1) is 10.2 Å². The van der Waals surface area contributed by atoms with E-state index in [1.165, 1.54) is 11.8 Å². The molecule has 2 aromatic carbocycles. The Morgan fingerprint density at radius 2 is 1.88 bits per heavy atom. The van der Waals surface area contributed by atoms with Crippen molar-refractivity contribution in [2.45, 2.75) is 23.9 Å². The number of benzene rings is 2. The Hall–Kier alpha value is -2.31. The van der Waals surface area contributed by atoms with Crippen LogP contribution in [-0.2, 0) is 11.3 Å². The van der Waals surface area contributed by atoms with Crippen molar-refractivity contribution in [2.24, 2.45) is 0 Å². The zero-order valence-corrected chi connectivity index (χ0v) is 15.1. The molecule has 1 heterocycles. The number of amides is 1. The van der Waals surface area contributed by atoms with E-state index in [1.54, 1.807) is 31.2 Å². The van der Waals surface area contributed by atoms with Gasteiger partial charge >= 0.3 is 0 Å². The third-order valence-corrected chi connectivity index (χ3v) is 4.64. The third kappa shape index (κ3) is 4.84. The van der Waals surface area contributed by atoms with Crippen molar-refractivity contribution >= 4 is 29.3 Å². The van der Waals surface area contributed by atoms with E-state index >= 15 is 0 Å². The van der Waals surface area contributed by atoms with Crippen LogP contribution in [0, 0.1) is 0 Å². The number of nitrogens with zero attached hydrogens (tertiary/aromatic N) is 2. The van der Waals surface area contributed by atoms with Crippen molar-refractivity contribution < 1.29 is 9.21 Å². The molecule has 0 saturated heterocycles. The van der Waals surface area contributed by atoms with E-state index in [0.29, 0.717) is 22.7 Å². The second kappa shape index (κ2) is 8.18. The topological polar surface area (TPSA) is 68.0 Å². The summed E-state index contributed by atoms with van der Waals surface area (Å²) in [6, 6.07) is 16.9. The van der Waals surface area contributed by atoms with Crippen LogP contribution in [0.15, 0.2) is 64.2 Å². The molecule has 1 N–H and O–H groups in total. The van der Waals surface area contributed by atoms with Crippen molar-refractivity contribution in [1.29, 1.82) is 0 Å². The van der Waals surface area contributed by atoms with Crippen molar-refractivity contribution in [3.05, 3.63) is 65.2 Å². The summed E-state index contributed by atoms with van der Waals surface area (Å²) in [6.07, 6.45) is 0. The van der Waals surface area contributed by atoms with Gasteiger partial charge in [-0.3, -0.25) is 4.79 Å². The Morgan fingerprint density at radius 3 is 2.60 bits per heavy atom. The van der Waals surface area contributed by atoms with Crippen molar-refractivity contribution in [3.8, 4) is 11.5 Å². The second-order valence-electron chi connectivity index (χ2n) is 5.34. The van der Waals surface area contributed by atoms with Crippen LogP contribution < -0.4 is 5.32 Å². The van der Waals surface area contributed by atoms with Crippen LogP contribution in [0.2, 0.25) is 5.02 Å². The lowest BCUT2D eigenvalue weighted by atomic mass is 10.2. The minimum Gasteiger partial charge on any atom is -0.411 e. The molecule has 0 aliphatic carbocycles. The van der Waals surface area contributed by atoms with Gasteiger partial charge < -0.3 is 9.73 Å². The summed E-state index contributed by atoms with van der Waals surface area (Å²) in [5.41, 5.74) is 1.83. The maximum absolute atomic E-state index is 12.2. The number of carbonyl (C=O) groups is 1. The number of halogens is 1. The summed E-state index contributed by atoms with van der Waals surface area (Å²) < 4.78 is 5.61. The SMILES string of the molecule is CC(Sc1nnc(-c2ccc(Cl)cc2)o1)C(=O)NCc1ccccc1. The Kier molecular flexibility index (Phi) is 5.73. The molecule has 3 rings (SSSR count). The van der Waals surface area contributed by atoms with Gasteiger partial charge in [-0.25, -0.2) is 0 Å². The highest BCUT2D eigenvalue weighted by Gasteiger charge is 2.18. The first kappa shape index (κ1) is 17.5. The van der Waals surface area contributed by atoms with E-state index in [1.807, 2.05) is 30.3 Å². The highest BCUT2D eigenvalue weighted by Crippen LogP contribution is 2.26. The molecular formula is C18H16ClN3O2S. The molecule has 3 aromatic rings. The Bertz CT molecular complexity index is 837. The molecule has 0 bridgehead atoms. The maximum Gasteiger partial charge on any atom is 0.277 e. The fraction of sp³-hybridized carbons (Fsp3) is 0.167. The molecule has 1 aromatic heterocycles. The third-order valence-electron chi connectivity index (χ3n) is 3.45. The predicted octanol–water partition coefficient (Wildman–Crippen LogP) is 4.19. The Labute approximate surface area is 154 Å². The number of nitrogens with one attached hydrogen (secondary N) is 1. The molecule has 7 heteroatoms. The van der Waals surface area contributed by atoms with Crippen LogP contribution in [0.4, 0.5) is 0 Å². The number of carbonyl (C=O) groups excluding carboxylic acids is 1. The first-order valence-corrected chi connectivity index (χ1v) is 8.95. The maximum atomic E-state index is 12.2. The number of hydrogen-bond donors (Lipinski definition) is 1. The lowest BCUT2D eigenvalue weighted by Crippen LogP contribution is -2.30. The first-order chi connectivity index (χ1) is 12.1. The number of rotatable bonds is 6.